The van der Waals surface area contributed by atoms with E-state index in [1.54, 1.807) is 0 Å². The Bertz CT molecular complexity index is 661. The van der Waals surface area contributed by atoms with Crippen LogP contribution in [-0.2, 0) is 11.3 Å². The Hall–Kier alpha value is -2.63. The monoisotopic (exact) mass is 273 g/mol. The third kappa shape index (κ3) is 3.23. The number of nitrogens with zero attached hydrogens (tertiary/aromatic N) is 2. The summed E-state index contributed by atoms with van der Waals surface area (Å²) in [5, 5.41) is 15.3. The topological polar surface area (TPSA) is 84.2 Å². The first kappa shape index (κ1) is 13.8. The fraction of sp³-hybridized carbons (Fsp3) is 0.214. The lowest BCUT2D eigenvalue weighted by molar-refractivity contribution is -0.137. The normalized spacial score (nSPS) is 10.3. The number of carboxylic acid groups (broad SMARTS) is 1. The number of aryl methyl sites for hydroxylation is 2. The van der Waals surface area contributed by atoms with Crippen molar-refractivity contribution < 1.29 is 14.7 Å². The zero-order chi connectivity index (χ0) is 14.7. The van der Waals surface area contributed by atoms with Crippen LogP contribution in [0, 0.1) is 13.8 Å². The van der Waals surface area contributed by atoms with Crippen LogP contribution in [0.2, 0.25) is 0 Å². The van der Waals surface area contributed by atoms with E-state index in [-0.39, 0.29) is 18.1 Å². The Morgan fingerprint density at radius 3 is 2.70 bits per heavy atom. The average Bonchev–Trinajstić information content (AvgIpc) is 2.80. The molecule has 2 rings (SSSR count). The lowest BCUT2D eigenvalue weighted by atomic mass is 10.1. The number of aliphatic carboxylic acids is 1. The predicted octanol–water partition coefficient (Wildman–Crippen LogP) is 1.84. The molecule has 0 bridgehead atoms. The maximum absolute atomic E-state index is 12.0. The minimum atomic E-state index is -1.01. The second kappa shape index (κ2) is 5.56. The summed E-state index contributed by atoms with van der Waals surface area (Å²) in [7, 11) is 0. The average molecular weight is 273 g/mol. The molecule has 1 aromatic heterocycles. The van der Waals surface area contributed by atoms with Gasteiger partial charge in [-0.05, 0) is 31.5 Å². The van der Waals surface area contributed by atoms with Crippen LogP contribution in [0.15, 0.2) is 30.5 Å². The molecule has 1 amide bonds. The summed E-state index contributed by atoms with van der Waals surface area (Å²) in [5.74, 6) is -1.37. The number of anilines is 1. The summed E-state index contributed by atoms with van der Waals surface area (Å²) in [6.45, 7) is 3.62. The van der Waals surface area contributed by atoms with Gasteiger partial charge in [-0.1, -0.05) is 17.7 Å². The molecular weight excluding hydrogens is 258 g/mol. The zero-order valence-corrected chi connectivity index (χ0v) is 11.3. The first-order valence-corrected chi connectivity index (χ1v) is 6.09. The number of carbonyl (C=O) groups excluding carboxylic acids is 1. The van der Waals surface area contributed by atoms with Gasteiger partial charge in [-0.2, -0.15) is 5.10 Å². The Balaban J connectivity index is 2.11. The van der Waals surface area contributed by atoms with Gasteiger partial charge in [0.2, 0.25) is 0 Å². The third-order valence-electron chi connectivity index (χ3n) is 2.80. The molecule has 0 atom stereocenters. The highest BCUT2D eigenvalue weighted by atomic mass is 16.4. The van der Waals surface area contributed by atoms with Gasteiger partial charge in [0.1, 0.15) is 6.54 Å². The zero-order valence-electron chi connectivity index (χ0n) is 11.3. The van der Waals surface area contributed by atoms with Crippen molar-refractivity contribution in [1.82, 2.24) is 9.78 Å². The molecule has 1 aromatic carbocycles. The smallest absolute Gasteiger partial charge is 0.325 e. The van der Waals surface area contributed by atoms with E-state index >= 15 is 0 Å². The Morgan fingerprint density at radius 2 is 2.05 bits per heavy atom. The van der Waals surface area contributed by atoms with Crippen molar-refractivity contribution in [1.29, 1.82) is 0 Å². The van der Waals surface area contributed by atoms with Crippen LogP contribution in [0.3, 0.4) is 0 Å². The number of benzene rings is 1. The molecule has 0 aliphatic carbocycles. The molecule has 6 nitrogen and oxygen atoms in total. The van der Waals surface area contributed by atoms with Crippen molar-refractivity contribution in [2.45, 2.75) is 20.4 Å². The fourth-order valence-corrected chi connectivity index (χ4v) is 1.85. The van der Waals surface area contributed by atoms with Crippen molar-refractivity contribution >= 4 is 17.6 Å². The quantitative estimate of drug-likeness (QED) is 0.890. The van der Waals surface area contributed by atoms with Crippen molar-refractivity contribution in [2.24, 2.45) is 0 Å². The second-order valence-electron chi connectivity index (χ2n) is 4.56. The number of carbonyl (C=O) groups is 2. The molecule has 1 heterocycles. The first-order chi connectivity index (χ1) is 9.45. The van der Waals surface area contributed by atoms with Crippen LogP contribution >= 0.6 is 0 Å². The van der Waals surface area contributed by atoms with Gasteiger partial charge in [-0.3, -0.25) is 14.3 Å². The standard InChI is InChI=1S/C14H15N3O3/c1-9-3-4-11(10(2)7-9)15-14(20)12-5-6-17(16-12)8-13(18)19/h3-7H,8H2,1-2H3,(H,15,20)(H,18,19). The highest BCUT2D eigenvalue weighted by molar-refractivity contribution is 6.03. The van der Waals surface area contributed by atoms with E-state index in [0.717, 1.165) is 11.1 Å². The van der Waals surface area contributed by atoms with Gasteiger partial charge in [0.05, 0.1) is 0 Å². The van der Waals surface area contributed by atoms with E-state index in [9.17, 15) is 9.59 Å². The van der Waals surface area contributed by atoms with Crippen LogP contribution in [-0.4, -0.2) is 26.8 Å². The molecule has 0 fully saturated rings. The molecule has 0 aliphatic rings. The summed E-state index contributed by atoms with van der Waals surface area (Å²) < 4.78 is 1.21. The molecule has 104 valence electrons. The SMILES string of the molecule is Cc1ccc(NC(=O)c2ccn(CC(=O)O)n2)c(C)c1. The van der Waals surface area contributed by atoms with Crippen molar-refractivity contribution in [3.63, 3.8) is 0 Å². The minimum Gasteiger partial charge on any atom is -0.480 e. The maximum atomic E-state index is 12.0. The number of hydrogen-bond donors (Lipinski definition) is 2. The van der Waals surface area contributed by atoms with Gasteiger partial charge in [0, 0.05) is 11.9 Å². The van der Waals surface area contributed by atoms with E-state index in [1.165, 1.54) is 16.9 Å². The predicted molar refractivity (Wildman–Crippen MR) is 73.7 cm³/mol. The summed E-state index contributed by atoms with van der Waals surface area (Å²) in [5.41, 5.74) is 2.98. The molecule has 2 N–H and O–H groups in total. The van der Waals surface area contributed by atoms with Gasteiger partial charge < -0.3 is 10.4 Å². The summed E-state index contributed by atoms with van der Waals surface area (Å²) in [6, 6.07) is 7.20. The lowest BCUT2D eigenvalue weighted by Gasteiger charge is -2.07. The molecule has 20 heavy (non-hydrogen) atoms. The van der Waals surface area contributed by atoms with Crippen molar-refractivity contribution in [2.75, 3.05) is 5.32 Å². The second-order valence-corrected chi connectivity index (χ2v) is 4.56. The van der Waals surface area contributed by atoms with E-state index in [1.807, 2.05) is 32.0 Å². The highest BCUT2D eigenvalue weighted by Gasteiger charge is 2.12. The molecule has 0 radical (unpaired) electrons. The summed E-state index contributed by atoms with van der Waals surface area (Å²) >= 11 is 0. The van der Waals surface area contributed by atoms with Gasteiger partial charge in [-0.25, -0.2) is 0 Å². The number of hydrogen-bond acceptors (Lipinski definition) is 3. The molecule has 6 heteroatoms. The van der Waals surface area contributed by atoms with Crippen molar-refractivity contribution in [3.05, 3.63) is 47.3 Å². The molecule has 0 unspecified atom stereocenters. The van der Waals surface area contributed by atoms with Gasteiger partial charge in [0.25, 0.3) is 5.91 Å². The maximum Gasteiger partial charge on any atom is 0.325 e. The van der Waals surface area contributed by atoms with E-state index in [2.05, 4.69) is 10.4 Å². The molecule has 0 saturated heterocycles. The first-order valence-electron chi connectivity index (χ1n) is 6.09. The van der Waals surface area contributed by atoms with Crippen LogP contribution in [0.5, 0.6) is 0 Å². The number of nitrogens with one attached hydrogen (secondary N) is 1. The number of carboxylic acids is 1. The molecule has 0 saturated carbocycles. The fourth-order valence-electron chi connectivity index (χ4n) is 1.85. The highest BCUT2D eigenvalue weighted by Crippen LogP contribution is 2.16. The van der Waals surface area contributed by atoms with Gasteiger partial charge >= 0.3 is 5.97 Å². The minimum absolute atomic E-state index is 0.186. The van der Waals surface area contributed by atoms with Crippen molar-refractivity contribution in [3.8, 4) is 0 Å². The summed E-state index contributed by atoms with van der Waals surface area (Å²) in [4.78, 5) is 22.6. The molecular formula is C14H15N3O3. The Morgan fingerprint density at radius 1 is 1.30 bits per heavy atom. The Labute approximate surface area is 116 Å². The van der Waals surface area contributed by atoms with Gasteiger partial charge in [0.15, 0.2) is 5.69 Å². The lowest BCUT2D eigenvalue weighted by Crippen LogP contribution is -2.15. The number of aromatic nitrogens is 2. The van der Waals surface area contributed by atoms with Gasteiger partial charge in [-0.15, -0.1) is 0 Å². The van der Waals surface area contributed by atoms with Crippen LogP contribution in [0.1, 0.15) is 21.6 Å². The van der Waals surface area contributed by atoms with Crippen LogP contribution in [0.4, 0.5) is 5.69 Å². The van der Waals surface area contributed by atoms with Crippen LogP contribution in [0.25, 0.3) is 0 Å². The Kier molecular flexibility index (Phi) is 3.84. The third-order valence-corrected chi connectivity index (χ3v) is 2.80. The van der Waals surface area contributed by atoms with E-state index in [0.29, 0.717) is 5.69 Å². The summed E-state index contributed by atoms with van der Waals surface area (Å²) in [6.07, 6.45) is 1.46. The number of amides is 1. The van der Waals surface area contributed by atoms with E-state index < -0.39 is 5.97 Å². The molecule has 0 aliphatic heterocycles. The largest absolute Gasteiger partial charge is 0.480 e. The molecule has 0 spiro atoms. The number of rotatable bonds is 4. The molecule has 2 aromatic rings. The van der Waals surface area contributed by atoms with E-state index in [4.69, 9.17) is 5.11 Å². The van der Waals surface area contributed by atoms with Crippen LogP contribution < -0.4 is 5.32 Å².